The van der Waals surface area contributed by atoms with Gasteiger partial charge in [0.2, 0.25) is 0 Å². The van der Waals surface area contributed by atoms with Crippen molar-refractivity contribution in [2.24, 2.45) is 0 Å². The second-order valence-electron chi connectivity index (χ2n) is 3.90. The molecule has 5 nitrogen and oxygen atoms in total. The van der Waals surface area contributed by atoms with Crippen molar-refractivity contribution < 1.29 is 19.3 Å². The molecule has 0 unspecified atom stereocenters. The lowest BCUT2D eigenvalue weighted by Gasteiger charge is -2.10. The van der Waals surface area contributed by atoms with E-state index in [0.29, 0.717) is 5.69 Å². The van der Waals surface area contributed by atoms with E-state index < -0.39 is 6.04 Å². The number of hydrogen-bond donors (Lipinski definition) is 3. The number of hydrogen-bond acceptors (Lipinski definition) is 2. The second-order valence-corrected chi connectivity index (χ2v) is 3.90. The van der Waals surface area contributed by atoms with Crippen molar-refractivity contribution in [3.63, 3.8) is 0 Å². The van der Waals surface area contributed by atoms with Crippen LogP contribution in [-0.4, -0.2) is 31.4 Å². The molecule has 0 aromatic heterocycles. The van der Waals surface area contributed by atoms with Crippen LogP contribution in [0.2, 0.25) is 0 Å². The first-order chi connectivity index (χ1) is 8.52. The van der Waals surface area contributed by atoms with Crippen LogP contribution >= 0.6 is 0 Å². The first-order valence-electron chi connectivity index (χ1n) is 5.63. The highest BCUT2D eigenvalue weighted by Crippen LogP contribution is 2.07. The Bertz CT molecular complexity index is 420. The smallest absolute Gasteiger partial charge is 0.282 e. The third kappa shape index (κ3) is 4.50. The van der Waals surface area contributed by atoms with Gasteiger partial charge in [0.05, 0.1) is 0 Å². The minimum atomic E-state index is -0.396. The molecule has 6 heteroatoms. The molecule has 18 heavy (non-hydrogen) atoms. The molecule has 4 N–H and O–H groups in total. The maximum Gasteiger partial charge on any atom is 0.282 e. The van der Waals surface area contributed by atoms with Gasteiger partial charge in [-0.15, -0.1) is 0 Å². The largest absolute Gasteiger partial charge is 0.354 e. The molecule has 0 saturated carbocycles. The van der Waals surface area contributed by atoms with Crippen molar-refractivity contribution in [1.82, 2.24) is 5.32 Å². The zero-order valence-electron chi connectivity index (χ0n) is 10.4. The first-order valence-corrected chi connectivity index (χ1v) is 5.63. The number of quaternary nitrogens is 1. The molecule has 0 saturated heterocycles. The Labute approximate surface area is 105 Å². The van der Waals surface area contributed by atoms with Crippen LogP contribution in [0.25, 0.3) is 0 Å². The molecule has 1 aromatic rings. The average molecular weight is 254 g/mol. The number of carbonyl (C=O) groups is 2. The van der Waals surface area contributed by atoms with E-state index in [9.17, 15) is 14.0 Å². The fourth-order valence-electron chi connectivity index (χ4n) is 1.28. The van der Waals surface area contributed by atoms with Crippen LogP contribution in [-0.2, 0) is 9.59 Å². The summed E-state index contributed by atoms with van der Waals surface area (Å²) in [4.78, 5) is 22.7. The summed E-state index contributed by atoms with van der Waals surface area (Å²) in [6, 6.07) is 5.12. The summed E-state index contributed by atoms with van der Waals surface area (Å²) in [7, 11) is 1.54. The Morgan fingerprint density at radius 2 is 1.94 bits per heavy atom. The van der Waals surface area contributed by atoms with Gasteiger partial charge in [-0.2, -0.15) is 0 Å². The van der Waals surface area contributed by atoms with Crippen LogP contribution in [0.4, 0.5) is 10.1 Å². The van der Waals surface area contributed by atoms with E-state index in [0.717, 1.165) is 0 Å². The SMILES string of the molecule is CNC(=O)C[NH2+][C@H](C)C(=O)Nc1ccc(F)cc1. The molecular formula is C12H17FN3O2+. The molecule has 0 bridgehead atoms. The molecule has 0 aliphatic heterocycles. The molecule has 0 heterocycles. The first kappa shape index (κ1) is 14.1. The predicted octanol–water partition coefficient (Wildman–Crippen LogP) is -0.538. The molecule has 0 radical (unpaired) electrons. The molecule has 2 amide bonds. The fraction of sp³-hybridized carbons (Fsp3) is 0.333. The molecule has 0 spiro atoms. The molecule has 0 aliphatic carbocycles. The molecular weight excluding hydrogens is 237 g/mol. The van der Waals surface area contributed by atoms with Gasteiger partial charge in [0.15, 0.2) is 12.6 Å². The average Bonchev–Trinajstić information content (AvgIpc) is 2.38. The van der Waals surface area contributed by atoms with E-state index in [1.807, 2.05) is 0 Å². The van der Waals surface area contributed by atoms with Crippen LogP contribution in [0, 0.1) is 5.82 Å². The van der Waals surface area contributed by atoms with Gasteiger partial charge in [0.1, 0.15) is 5.82 Å². The second kappa shape index (κ2) is 6.70. The van der Waals surface area contributed by atoms with Crippen molar-refractivity contribution in [2.45, 2.75) is 13.0 Å². The lowest BCUT2D eigenvalue weighted by molar-refractivity contribution is -0.662. The molecule has 98 valence electrons. The maximum atomic E-state index is 12.7. The van der Waals surface area contributed by atoms with Gasteiger partial charge in [0, 0.05) is 12.7 Å². The summed E-state index contributed by atoms with van der Waals surface area (Å²) in [5.74, 6) is -0.728. The van der Waals surface area contributed by atoms with E-state index in [1.54, 1.807) is 19.3 Å². The van der Waals surface area contributed by atoms with Gasteiger partial charge in [-0.3, -0.25) is 9.59 Å². The maximum absolute atomic E-state index is 12.7. The molecule has 1 aromatic carbocycles. The Morgan fingerprint density at radius 3 is 2.50 bits per heavy atom. The summed E-state index contributed by atoms with van der Waals surface area (Å²) in [5.41, 5.74) is 0.529. The number of nitrogens with two attached hydrogens (primary N) is 1. The normalized spacial score (nSPS) is 11.7. The zero-order valence-corrected chi connectivity index (χ0v) is 10.4. The number of benzene rings is 1. The standard InChI is InChI=1S/C12H16FN3O2/c1-8(15-7-11(17)14-2)12(18)16-10-5-3-9(13)4-6-10/h3-6,8,15H,7H2,1-2H3,(H,14,17)(H,16,18)/p+1/t8-/m1/s1. The van der Waals surface area contributed by atoms with Gasteiger partial charge in [-0.25, -0.2) is 4.39 Å². The molecule has 0 fully saturated rings. The summed E-state index contributed by atoms with van der Waals surface area (Å²) < 4.78 is 12.7. The van der Waals surface area contributed by atoms with Gasteiger partial charge >= 0.3 is 0 Å². The van der Waals surface area contributed by atoms with Crippen molar-refractivity contribution in [3.05, 3.63) is 30.1 Å². The van der Waals surface area contributed by atoms with Crippen molar-refractivity contribution in [2.75, 3.05) is 18.9 Å². The van der Waals surface area contributed by atoms with Gasteiger partial charge in [-0.1, -0.05) is 0 Å². The van der Waals surface area contributed by atoms with E-state index in [4.69, 9.17) is 0 Å². The number of likely N-dealkylation sites (N-methyl/N-ethyl adjacent to an activating group) is 1. The van der Waals surface area contributed by atoms with Crippen molar-refractivity contribution in [3.8, 4) is 0 Å². The van der Waals surface area contributed by atoms with E-state index in [-0.39, 0.29) is 24.2 Å². The van der Waals surface area contributed by atoms with Gasteiger partial charge in [0.25, 0.3) is 11.8 Å². The fourth-order valence-corrected chi connectivity index (χ4v) is 1.28. The third-order valence-corrected chi connectivity index (χ3v) is 2.46. The van der Waals surface area contributed by atoms with Crippen LogP contribution in [0.1, 0.15) is 6.92 Å². The summed E-state index contributed by atoms with van der Waals surface area (Å²) in [6.45, 7) is 1.89. The van der Waals surface area contributed by atoms with Gasteiger partial charge < -0.3 is 16.0 Å². The number of nitrogens with one attached hydrogen (secondary N) is 2. The minimum Gasteiger partial charge on any atom is -0.354 e. The predicted molar refractivity (Wildman–Crippen MR) is 65.4 cm³/mol. The Hall–Kier alpha value is -1.95. The monoisotopic (exact) mass is 254 g/mol. The highest BCUT2D eigenvalue weighted by molar-refractivity contribution is 5.93. The molecule has 0 aliphatic rings. The Balaban J connectivity index is 2.44. The Morgan fingerprint density at radius 1 is 1.33 bits per heavy atom. The number of anilines is 1. The lowest BCUT2D eigenvalue weighted by atomic mass is 10.2. The van der Waals surface area contributed by atoms with Crippen molar-refractivity contribution >= 4 is 17.5 Å². The highest BCUT2D eigenvalue weighted by Gasteiger charge is 2.17. The van der Waals surface area contributed by atoms with Crippen LogP contribution < -0.4 is 16.0 Å². The highest BCUT2D eigenvalue weighted by atomic mass is 19.1. The molecule has 1 atom stereocenters. The van der Waals surface area contributed by atoms with Crippen LogP contribution in [0.5, 0.6) is 0 Å². The van der Waals surface area contributed by atoms with E-state index in [2.05, 4.69) is 10.6 Å². The van der Waals surface area contributed by atoms with Crippen LogP contribution in [0.3, 0.4) is 0 Å². The number of carbonyl (C=O) groups excluding carboxylic acids is 2. The quantitative estimate of drug-likeness (QED) is 0.660. The summed E-state index contributed by atoms with van der Waals surface area (Å²) in [6.07, 6.45) is 0. The topological polar surface area (TPSA) is 74.8 Å². The third-order valence-electron chi connectivity index (χ3n) is 2.46. The Kier molecular flexibility index (Phi) is 5.26. The number of halogens is 1. The number of rotatable bonds is 5. The van der Waals surface area contributed by atoms with Crippen molar-refractivity contribution in [1.29, 1.82) is 0 Å². The minimum absolute atomic E-state index is 0.142. The zero-order chi connectivity index (χ0) is 13.5. The summed E-state index contributed by atoms with van der Waals surface area (Å²) >= 11 is 0. The van der Waals surface area contributed by atoms with Gasteiger partial charge in [-0.05, 0) is 31.2 Å². The van der Waals surface area contributed by atoms with Crippen LogP contribution in [0.15, 0.2) is 24.3 Å². The van der Waals surface area contributed by atoms with E-state index in [1.165, 1.54) is 24.3 Å². The van der Waals surface area contributed by atoms with E-state index >= 15 is 0 Å². The number of amides is 2. The lowest BCUT2D eigenvalue weighted by Crippen LogP contribution is -2.93. The summed E-state index contributed by atoms with van der Waals surface area (Å²) in [5, 5.41) is 6.74. The molecule has 1 rings (SSSR count).